The summed E-state index contributed by atoms with van der Waals surface area (Å²) in [5.41, 5.74) is 3.23. The van der Waals surface area contributed by atoms with Crippen LogP contribution in [-0.4, -0.2) is 0 Å². The molecule has 4 aromatic rings. The maximum atomic E-state index is 14.1. The zero-order valence-corrected chi connectivity index (χ0v) is 17.9. The van der Waals surface area contributed by atoms with Crippen LogP contribution in [0.5, 0.6) is 0 Å². The molecule has 154 valence electrons. The average molecular weight is 456 g/mol. The van der Waals surface area contributed by atoms with Crippen LogP contribution >= 0.6 is 11.8 Å². The van der Waals surface area contributed by atoms with E-state index in [0.29, 0.717) is 19.6 Å². The lowest BCUT2D eigenvalue weighted by atomic mass is 10.0. The lowest BCUT2D eigenvalue weighted by Gasteiger charge is -2.19. The zero-order chi connectivity index (χ0) is 21.7. The molecular weight excluding hydrogens is 440 g/mol. The Hall–Kier alpha value is -2.70. The van der Waals surface area contributed by atoms with Gasteiger partial charge in [-0.25, -0.2) is 17.6 Å². The molecule has 1 aliphatic rings. The van der Waals surface area contributed by atoms with Crippen molar-refractivity contribution in [2.24, 2.45) is 0 Å². The number of fused-ring (bicyclic) bond motifs is 2. The van der Waals surface area contributed by atoms with E-state index in [9.17, 15) is 17.6 Å². The highest BCUT2D eigenvalue weighted by molar-refractivity contribution is 8.04. The molecule has 0 atom stereocenters. The number of aryl methyl sites for hydroxylation is 1. The highest BCUT2D eigenvalue weighted by Crippen LogP contribution is 2.49. The Morgan fingerprint density at radius 2 is 1.00 bits per heavy atom. The second kappa shape index (κ2) is 7.77. The molecule has 31 heavy (non-hydrogen) atoms. The van der Waals surface area contributed by atoms with Crippen LogP contribution in [0.15, 0.2) is 97.3 Å². The van der Waals surface area contributed by atoms with Gasteiger partial charge in [0.1, 0.15) is 10.9 Å². The molecule has 0 amide bonds. The number of hydrogen-bond donors (Lipinski definition) is 0. The molecule has 0 saturated carbocycles. The Bertz CT molecular complexity index is 1240. The third kappa shape index (κ3) is 3.64. The average Bonchev–Trinajstić information content (AvgIpc) is 2.75. The van der Waals surface area contributed by atoms with Gasteiger partial charge < -0.3 is 0 Å². The van der Waals surface area contributed by atoms with Crippen molar-refractivity contribution in [3.8, 4) is 11.1 Å². The van der Waals surface area contributed by atoms with Crippen molar-refractivity contribution in [2.45, 2.75) is 31.4 Å². The van der Waals surface area contributed by atoms with E-state index in [1.54, 1.807) is 0 Å². The normalized spacial score (nSPS) is 13.1. The van der Waals surface area contributed by atoms with E-state index in [-0.39, 0.29) is 0 Å². The van der Waals surface area contributed by atoms with Gasteiger partial charge in [-0.1, -0.05) is 41.6 Å². The van der Waals surface area contributed by atoms with Crippen molar-refractivity contribution in [1.29, 1.82) is 0 Å². The monoisotopic (exact) mass is 455 g/mol. The fourth-order valence-electron chi connectivity index (χ4n) is 3.52. The van der Waals surface area contributed by atoms with Gasteiger partial charge >= 0.3 is 0 Å². The second-order valence-corrected chi connectivity index (χ2v) is 10.3. The van der Waals surface area contributed by atoms with E-state index < -0.39 is 34.2 Å². The minimum atomic E-state index is -0.962. The van der Waals surface area contributed by atoms with Crippen LogP contribution in [0.25, 0.3) is 11.1 Å². The summed E-state index contributed by atoms with van der Waals surface area (Å²) in [7, 11) is -0.898. The molecule has 0 spiro atoms. The van der Waals surface area contributed by atoms with Crippen LogP contribution in [0.3, 0.4) is 0 Å². The maximum absolute atomic E-state index is 14.1. The summed E-state index contributed by atoms with van der Waals surface area (Å²) in [6.45, 7) is 2.02. The summed E-state index contributed by atoms with van der Waals surface area (Å²) in [6.07, 6.45) is 0. The fourth-order valence-corrected chi connectivity index (χ4v) is 7.27. The van der Waals surface area contributed by atoms with Gasteiger partial charge in [-0.15, -0.1) is 0 Å². The summed E-state index contributed by atoms with van der Waals surface area (Å²) < 4.78 is 56.0. The van der Waals surface area contributed by atoms with Gasteiger partial charge in [0.15, 0.2) is 38.0 Å². The first-order valence-corrected chi connectivity index (χ1v) is 11.5. The first kappa shape index (κ1) is 20.2. The maximum Gasteiger partial charge on any atom is 0.183 e. The van der Waals surface area contributed by atoms with Crippen LogP contribution in [-0.2, 0) is 10.9 Å². The minimum absolute atomic E-state index is 0.503. The molecule has 0 nitrogen and oxygen atoms in total. The molecule has 0 bridgehead atoms. The van der Waals surface area contributed by atoms with Gasteiger partial charge in [0.05, 0.1) is 9.79 Å². The van der Waals surface area contributed by atoms with Gasteiger partial charge in [-0.3, -0.25) is 0 Å². The van der Waals surface area contributed by atoms with Crippen LogP contribution in [0, 0.1) is 30.2 Å². The second-order valence-electron chi connectivity index (χ2n) is 7.22. The van der Waals surface area contributed by atoms with Crippen molar-refractivity contribution >= 4 is 22.7 Å². The molecule has 0 unspecified atom stereocenters. The predicted molar refractivity (Wildman–Crippen MR) is 116 cm³/mol. The fraction of sp³-hybridized carbons (Fsp3) is 0.0400. The molecule has 0 radical (unpaired) electrons. The Balaban J connectivity index is 1.65. The highest BCUT2D eigenvalue weighted by atomic mass is 32.2. The van der Waals surface area contributed by atoms with Crippen molar-refractivity contribution in [3.63, 3.8) is 0 Å². The third-order valence-corrected chi connectivity index (χ3v) is 8.78. The predicted octanol–water partition coefficient (Wildman–Crippen LogP) is 7.78. The Labute approximate surface area is 184 Å². The SMILES string of the molecule is Cc1ccc(-c2ccc([S+]3c4cc(F)c(F)cc4Sc4cc(F)c(F)cc43)cc2)cc1. The summed E-state index contributed by atoms with van der Waals surface area (Å²) in [6, 6.07) is 20.4. The molecule has 5 rings (SSSR count). The molecule has 0 fully saturated rings. The van der Waals surface area contributed by atoms with Crippen molar-refractivity contribution in [2.75, 3.05) is 0 Å². The molecule has 1 aliphatic heterocycles. The summed E-state index contributed by atoms with van der Waals surface area (Å²) in [4.78, 5) is 2.94. The standard InChI is InChI=1S/C25H15F4S2/c1-14-2-4-15(5-3-14)16-6-8-17(9-7-16)31-24-12-20(28)18(26)10-22(24)30-23-11-19(27)21(29)13-25(23)31/h2-13H,1H3/q+1. The quantitative estimate of drug-likeness (QED) is 0.193. The van der Waals surface area contributed by atoms with E-state index in [0.717, 1.165) is 39.9 Å². The number of rotatable bonds is 2. The van der Waals surface area contributed by atoms with Gasteiger partial charge in [0.2, 0.25) is 0 Å². The minimum Gasteiger partial charge on any atom is -0.204 e. The summed E-state index contributed by atoms with van der Waals surface area (Å²) in [5, 5.41) is 0. The molecule has 0 N–H and O–H groups in total. The smallest absolute Gasteiger partial charge is 0.183 e. The first-order valence-electron chi connectivity index (χ1n) is 9.48. The largest absolute Gasteiger partial charge is 0.204 e. The van der Waals surface area contributed by atoms with Crippen LogP contribution < -0.4 is 0 Å². The Morgan fingerprint density at radius 3 is 1.48 bits per heavy atom. The molecule has 1 heterocycles. The number of hydrogen-bond acceptors (Lipinski definition) is 1. The van der Waals surface area contributed by atoms with Crippen LogP contribution in [0.1, 0.15) is 5.56 Å². The van der Waals surface area contributed by atoms with Gasteiger partial charge in [-0.05, 0) is 54.4 Å². The van der Waals surface area contributed by atoms with E-state index in [2.05, 4.69) is 0 Å². The Morgan fingerprint density at radius 1 is 0.581 bits per heavy atom. The van der Waals surface area contributed by atoms with Crippen LogP contribution in [0.2, 0.25) is 0 Å². The molecule has 0 aromatic heterocycles. The van der Waals surface area contributed by atoms with E-state index in [1.165, 1.54) is 17.7 Å². The summed E-state index contributed by atoms with van der Waals surface area (Å²) in [5.74, 6) is -3.84. The van der Waals surface area contributed by atoms with Gasteiger partial charge in [0, 0.05) is 12.1 Å². The third-order valence-electron chi connectivity index (χ3n) is 5.11. The topological polar surface area (TPSA) is 0 Å². The van der Waals surface area contributed by atoms with Gasteiger partial charge in [0.25, 0.3) is 0 Å². The highest BCUT2D eigenvalue weighted by Gasteiger charge is 2.40. The van der Waals surface area contributed by atoms with Crippen LogP contribution in [0.4, 0.5) is 17.6 Å². The molecule has 4 aromatic carbocycles. The molecule has 6 heteroatoms. The van der Waals surface area contributed by atoms with E-state index in [1.807, 2.05) is 55.5 Å². The number of halogens is 4. The molecule has 0 saturated heterocycles. The lowest BCUT2D eigenvalue weighted by molar-refractivity contribution is 0.499. The Kier molecular flexibility index (Phi) is 5.07. The van der Waals surface area contributed by atoms with Gasteiger partial charge in [-0.2, -0.15) is 0 Å². The van der Waals surface area contributed by atoms with E-state index in [4.69, 9.17) is 0 Å². The summed E-state index contributed by atoms with van der Waals surface area (Å²) >= 11 is 1.12. The van der Waals surface area contributed by atoms with Crippen molar-refractivity contribution in [3.05, 3.63) is 102 Å². The van der Waals surface area contributed by atoms with Crippen molar-refractivity contribution in [1.82, 2.24) is 0 Å². The first-order chi connectivity index (χ1) is 14.9. The molecular formula is C25H15F4S2+. The molecule has 0 aliphatic carbocycles. The zero-order valence-electron chi connectivity index (χ0n) is 16.3. The lowest BCUT2D eigenvalue weighted by Crippen LogP contribution is -2.13. The van der Waals surface area contributed by atoms with E-state index >= 15 is 0 Å². The number of benzene rings is 4. The van der Waals surface area contributed by atoms with Crippen molar-refractivity contribution < 1.29 is 17.6 Å².